The molecule has 2 aliphatic carbocycles. The van der Waals surface area contributed by atoms with Gasteiger partial charge in [-0.1, -0.05) is 0 Å². The smallest absolute Gasteiger partial charge is 0.407 e. The zero-order chi connectivity index (χ0) is 18.3. The second-order valence-electron chi connectivity index (χ2n) is 8.76. The van der Waals surface area contributed by atoms with E-state index in [0.29, 0.717) is 31.2 Å². The zero-order valence-electron chi connectivity index (χ0n) is 15.7. The third-order valence-corrected chi connectivity index (χ3v) is 7.09. The molecule has 0 aromatic carbocycles. The van der Waals surface area contributed by atoms with Gasteiger partial charge >= 0.3 is 12.1 Å². The number of hydrogen-bond donors (Lipinski definition) is 1. The fourth-order valence-electron chi connectivity index (χ4n) is 5.39. The van der Waals surface area contributed by atoms with E-state index in [0.717, 1.165) is 51.7 Å². The van der Waals surface area contributed by atoms with Crippen molar-refractivity contribution in [3.05, 3.63) is 0 Å². The molecule has 0 unspecified atom stereocenters. The minimum atomic E-state index is -0.767. The molecule has 0 bridgehead atoms. The summed E-state index contributed by atoms with van der Waals surface area (Å²) >= 11 is 0. The molecule has 146 valence electrons. The zero-order valence-corrected chi connectivity index (χ0v) is 15.7. The van der Waals surface area contributed by atoms with Crippen LogP contribution in [0.25, 0.3) is 0 Å². The highest BCUT2D eigenvalue weighted by Crippen LogP contribution is 2.50. The minimum Gasteiger partial charge on any atom is -0.468 e. The average molecular weight is 365 g/mol. The van der Waals surface area contributed by atoms with E-state index in [9.17, 15) is 9.59 Å². The molecule has 0 aromatic rings. The number of piperidine rings is 1. The molecule has 2 saturated carbocycles. The normalized spacial score (nSPS) is 32.8. The van der Waals surface area contributed by atoms with Gasteiger partial charge < -0.3 is 19.6 Å². The molecule has 2 aliphatic heterocycles. The van der Waals surface area contributed by atoms with Crippen molar-refractivity contribution in [1.29, 1.82) is 0 Å². The Kier molecular flexibility index (Phi) is 4.86. The first-order chi connectivity index (χ1) is 12.5. The number of likely N-dealkylation sites (tertiary alicyclic amines) is 2. The second kappa shape index (κ2) is 7.00. The van der Waals surface area contributed by atoms with E-state index < -0.39 is 6.09 Å². The lowest BCUT2D eigenvalue weighted by atomic mass is 9.64. The summed E-state index contributed by atoms with van der Waals surface area (Å²) in [5, 5.41) is 9.17. The number of carbonyl (C=O) groups is 2. The monoisotopic (exact) mass is 365 g/mol. The maximum atomic E-state index is 11.7. The standard InChI is InChI=1S/C19H31N3O4/c1-26-17(23)12-22(14-2-3-14)15-4-7-20(8-5-15)16-10-19(11-16)6-9-21(13-19)18(24)25/h14-16H,2-13H2,1H3,(H,24,25). The maximum absolute atomic E-state index is 11.7. The summed E-state index contributed by atoms with van der Waals surface area (Å²) in [6.45, 7) is 4.05. The summed E-state index contributed by atoms with van der Waals surface area (Å²) in [4.78, 5) is 29.4. The Labute approximate surface area is 155 Å². The molecule has 0 atom stereocenters. The lowest BCUT2D eigenvalue weighted by molar-refractivity contribution is -0.143. The molecule has 1 N–H and O–H groups in total. The highest BCUT2D eigenvalue weighted by molar-refractivity contribution is 5.71. The van der Waals surface area contributed by atoms with Crippen molar-refractivity contribution < 1.29 is 19.4 Å². The lowest BCUT2D eigenvalue weighted by Gasteiger charge is -2.52. The number of nitrogens with zero attached hydrogens (tertiary/aromatic N) is 3. The van der Waals surface area contributed by atoms with Crippen LogP contribution in [0.1, 0.15) is 44.9 Å². The van der Waals surface area contributed by atoms with E-state index in [2.05, 4.69) is 9.80 Å². The summed E-state index contributed by atoms with van der Waals surface area (Å²) in [5.41, 5.74) is 0.255. The van der Waals surface area contributed by atoms with E-state index >= 15 is 0 Å². The first-order valence-electron chi connectivity index (χ1n) is 10.0. The molecule has 0 aromatic heterocycles. The summed E-state index contributed by atoms with van der Waals surface area (Å²) in [6.07, 6.45) is 7.23. The number of rotatable bonds is 5. The molecule has 0 radical (unpaired) electrons. The third-order valence-electron chi connectivity index (χ3n) is 7.09. The number of carboxylic acid groups (broad SMARTS) is 1. The van der Waals surface area contributed by atoms with Crippen molar-refractivity contribution in [3.63, 3.8) is 0 Å². The van der Waals surface area contributed by atoms with E-state index in [1.165, 1.54) is 20.0 Å². The van der Waals surface area contributed by atoms with Crippen molar-refractivity contribution in [2.45, 2.75) is 63.1 Å². The minimum absolute atomic E-state index is 0.121. The summed E-state index contributed by atoms with van der Waals surface area (Å²) < 4.78 is 4.88. The molecule has 1 amide bonds. The topological polar surface area (TPSA) is 73.3 Å². The van der Waals surface area contributed by atoms with Gasteiger partial charge in [-0.15, -0.1) is 0 Å². The first kappa shape index (κ1) is 18.0. The highest BCUT2D eigenvalue weighted by atomic mass is 16.5. The van der Waals surface area contributed by atoms with Crippen LogP contribution in [0, 0.1) is 5.41 Å². The van der Waals surface area contributed by atoms with E-state index in [-0.39, 0.29) is 11.4 Å². The van der Waals surface area contributed by atoms with Gasteiger partial charge in [0.1, 0.15) is 0 Å². The summed E-state index contributed by atoms with van der Waals surface area (Å²) in [5.74, 6) is -0.121. The maximum Gasteiger partial charge on any atom is 0.407 e. The Hall–Kier alpha value is -1.34. The Balaban J connectivity index is 1.24. The van der Waals surface area contributed by atoms with Gasteiger partial charge in [0.25, 0.3) is 0 Å². The van der Waals surface area contributed by atoms with Gasteiger partial charge in [-0.3, -0.25) is 9.69 Å². The van der Waals surface area contributed by atoms with Crippen LogP contribution < -0.4 is 0 Å². The Bertz CT molecular complexity index is 551. The fourth-order valence-corrected chi connectivity index (χ4v) is 5.39. The van der Waals surface area contributed by atoms with E-state index in [1.54, 1.807) is 4.90 Å². The first-order valence-corrected chi connectivity index (χ1v) is 10.0. The van der Waals surface area contributed by atoms with Gasteiger partial charge in [0.2, 0.25) is 0 Å². The summed E-state index contributed by atoms with van der Waals surface area (Å²) in [6, 6.07) is 1.71. The van der Waals surface area contributed by atoms with E-state index in [1.807, 2.05) is 0 Å². The van der Waals surface area contributed by atoms with Crippen molar-refractivity contribution in [1.82, 2.24) is 14.7 Å². The van der Waals surface area contributed by atoms with Gasteiger partial charge in [-0.25, -0.2) is 4.79 Å². The molecule has 4 rings (SSSR count). The highest BCUT2D eigenvalue weighted by Gasteiger charge is 2.51. The van der Waals surface area contributed by atoms with Crippen LogP contribution in [0.15, 0.2) is 0 Å². The molecule has 26 heavy (non-hydrogen) atoms. The molecular weight excluding hydrogens is 334 g/mol. The lowest BCUT2D eigenvalue weighted by Crippen LogP contribution is -2.56. The number of esters is 1. The van der Waals surface area contributed by atoms with Crippen LogP contribution in [0.2, 0.25) is 0 Å². The van der Waals surface area contributed by atoms with Gasteiger partial charge in [-0.05, 0) is 63.5 Å². The SMILES string of the molecule is COC(=O)CN(C1CC1)C1CCN(C2CC3(CCN(C(=O)O)C3)C2)CC1. The average Bonchev–Trinajstić information content (AvgIpc) is 3.35. The van der Waals surface area contributed by atoms with Crippen LogP contribution >= 0.6 is 0 Å². The molecule has 2 saturated heterocycles. The quantitative estimate of drug-likeness (QED) is 0.747. The fraction of sp³-hybridized carbons (Fsp3) is 0.895. The molecule has 2 heterocycles. The van der Waals surface area contributed by atoms with Crippen LogP contribution in [0.4, 0.5) is 4.79 Å². The van der Waals surface area contributed by atoms with Gasteiger partial charge in [-0.2, -0.15) is 0 Å². The van der Waals surface area contributed by atoms with Crippen LogP contribution in [0.5, 0.6) is 0 Å². The number of amides is 1. The Morgan fingerprint density at radius 3 is 2.31 bits per heavy atom. The van der Waals surface area contributed by atoms with E-state index in [4.69, 9.17) is 9.84 Å². The van der Waals surface area contributed by atoms with Crippen molar-refractivity contribution >= 4 is 12.1 Å². The van der Waals surface area contributed by atoms with Crippen molar-refractivity contribution in [3.8, 4) is 0 Å². The largest absolute Gasteiger partial charge is 0.468 e. The van der Waals surface area contributed by atoms with Crippen LogP contribution in [-0.2, 0) is 9.53 Å². The van der Waals surface area contributed by atoms with Crippen molar-refractivity contribution in [2.24, 2.45) is 5.41 Å². The van der Waals surface area contributed by atoms with Gasteiger partial charge in [0, 0.05) is 31.2 Å². The Morgan fingerprint density at radius 1 is 1.12 bits per heavy atom. The number of ether oxygens (including phenoxy) is 1. The molecule has 7 heteroatoms. The number of methoxy groups -OCH3 is 1. The molecular formula is C19H31N3O4. The van der Waals surface area contributed by atoms with Gasteiger partial charge in [0.05, 0.1) is 13.7 Å². The molecule has 4 aliphatic rings. The molecule has 1 spiro atoms. The number of carbonyl (C=O) groups excluding carboxylic acids is 1. The third kappa shape index (κ3) is 3.56. The van der Waals surface area contributed by atoms with Crippen molar-refractivity contribution in [2.75, 3.05) is 39.8 Å². The van der Waals surface area contributed by atoms with Gasteiger partial charge in [0.15, 0.2) is 0 Å². The number of hydrogen-bond acceptors (Lipinski definition) is 5. The summed E-state index contributed by atoms with van der Waals surface area (Å²) in [7, 11) is 1.47. The second-order valence-corrected chi connectivity index (χ2v) is 8.76. The molecule has 4 fully saturated rings. The van der Waals surface area contributed by atoms with Crippen LogP contribution in [-0.4, -0.2) is 89.8 Å². The predicted molar refractivity (Wildman–Crippen MR) is 96.0 cm³/mol. The predicted octanol–water partition coefficient (Wildman–Crippen LogP) is 1.62. The molecule has 7 nitrogen and oxygen atoms in total. The van der Waals surface area contributed by atoms with Crippen LogP contribution in [0.3, 0.4) is 0 Å². The Morgan fingerprint density at radius 2 is 1.77 bits per heavy atom.